The fourth-order valence-corrected chi connectivity index (χ4v) is 10.1. The number of hydrogen-bond donors (Lipinski definition) is 0. The number of benzene rings is 11. The number of fused-ring (bicyclic) bond motifs is 7. The van der Waals surface area contributed by atoms with Gasteiger partial charge in [0.1, 0.15) is 0 Å². The first-order valence-corrected chi connectivity index (χ1v) is 22.8. The van der Waals surface area contributed by atoms with Crippen molar-refractivity contribution >= 4 is 54.1 Å². The van der Waals surface area contributed by atoms with Gasteiger partial charge in [-0.05, 0) is 96.0 Å². The maximum atomic E-state index is 5.33. The van der Waals surface area contributed by atoms with Gasteiger partial charge in [0, 0.05) is 27.5 Å². The van der Waals surface area contributed by atoms with Gasteiger partial charge in [0.15, 0.2) is 17.5 Å². The molecule has 0 aliphatic heterocycles. The average molecular weight is 853 g/mol. The molecule has 4 nitrogen and oxygen atoms in total. The highest BCUT2D eigenvalue weighted by atomic mass is 15.1. The summed E-state index contributed by atoms with van der Waals surface area (Å²) in [6.45, 7) is 0. The highest BCUT2D eigenvalue weighted by molar-refractivity contribution is 6.20. The molecule has 0 saturated carbocycles. The van der Waals surface area contributed by atoms with Crippen molar-refractivity contribution in [1.29, 1.82) is 0 Å². The standard InChI is InChI=1S/C63H40N4/c1-2-16-43(17-3-1)48-20-8-9-25-54(48)62-64-61(65-63(66-62)55-26-12-15-29-59(55)67-57-27-13-10-23-51(57)52-24-11-14-28-58(52)67)46-36-32-42(33-37-46)41-30-34-45(35-31-41)60-50-22-7-5-19-47(50)40-56-49-21-6-4-18-44(49)38-39-53(56)60/h1-40H. The summed E-state index contributed by atoms with van der Waals surface area (Å²) in [5, 5.41) is 9.95. The predicted octanol–water partition coefficient (Wildman–Crippen LogP) is 16.4. The van der Waals surface area contributed by atoms with Crippen molar-refractivity contribution < 1.29 is 0 Å². The molecule has 0 amide bonds. The van der Waals surface area contributed by atoms with Crippen molar-refractivity contribution in [2.45, 2.75) is 0 Å². The van der Waals surface area contributed by atoms with Crippen molar-refractivity contribution in [3.05, 3.63) is 243 Å². The molecule has 0 aliphatic carbocycles. The SMILES string of the molecule is c1ccc(-c2ccccc2-c2nc(-c3ccc(-c4ccc(-c5c6ccccc6cc6c5ccc5ccccc56)cc4)cc3)nc(-c3ccccc3-n3c4ccccc4c4ccccc43)n2)cc1. The number of hydrogen-bond acceptors (Lipinski definition) is 3. The van der Waals surface area contributed by atoms with Gasteiger partial charge in [-0.3, -0.25) is 0 Å². The molecule has 4 heteroatoms. The zero-order valence-electron chi connectivity index (χ0n) is 36.4. The van der Waals surface area contributed by atoms with Gasteiger partial charge in [0.2, 0.25) is 0 Å². The van der Waals surface area contributed by atoms with Crippen molar-refractivity contribution in [1.82, 2.24) is 19.5 Å². The van der Waals surface area contributed by atoms with Gasteiger partial charge in [-0.1, -0.05) is 212 Å². The van der Waals surface area contributed by atoms with Gasteiger partial charge in [-0.2, -0.15) is 0 Å². The quantitative estimate of drug-likeness (QED) is 0.118. The van der Waals surface area contributed by atoms with Crippen molar-refractivity contribution in [2.75, 3.05) is 0 Å². The third-order valence-corrected chi connectivity index (χ3v) is 13.3. The van der Waals surface area contributed by atoms with Crippen LogP contribution in [0.1, 0.15) is 0 Å². The maximum Gasteiger partial charge on any atom is 0.166 e. The normalized spacial score (nSPS) is 11.6. The Morgan fingerprint density at radius 3 is 1.45 bits per heavy atom. The number of nitrogens with zero attached hydrogens (tertiary/aromatic N) is 4. The minimum atomic E-state index is 0.606. The van der Waals surface area contributed by atoms with E-state index in [4.69, 9.17) is 15.0 Å². The molecule has 0 N–H and O–H groups in total. The monoisotopic (exact) mass is 852 g/mol. The van der Waals surface area contributed by atoms with Gasteiger partial charge in [0.05, 0.1) is 16.7 Å². The van der Waals surface area contributed by atoms with E-state index in [-0.39, 0.29) is 0 Å². The van der Waals surface area contributed by atoms with E-state index in [0.29, 0.717) is 17.5 Å². The lowest BCUT2D eigenvalue weighted by atomic mass is 9.89. The summed E-state index contributed by atoms with van der Waals surface area (Å²) in [6, 6.07) is 86.4. The number of aromatic nitrogens is 4. The zero-order valence-corrected chi connectivity index (χ0v) is 36.4. The molecule has 13 aromatic rings. The van der Waals surface area contributed by atoms with Crippen LogP contribution in [0.25, 0.3) is 127 Å². The first kappa shape index (κ1) is 38.5. The lowest BCUT2D eigenvalue weighted by molar-refractivity contribution is 1.06. The van der Waals surface area contributed by atoms with E-state index in [1.54, 1.807) is 0 Å². The van der Waals surface area contributed by atoms with Crippen molar-refractivity contribution in [2.24, 2.45) is 0 Å². The van der Waals surface area contributed by atoms with Gasteiger partial charge >= 0.3 is 0 Å². The van der Waals surface area contributed by atoms with Crippen LogP contribution in [0, 0.1) is 0 Å². The Morgan fingerprint density at radius 2 is 0.746 bits per heavy atom. The minimum Gasteiger partial charge on any atom is -0.309 e. The highest BCUT2D eigenvalue weighted by Gasteiger charge is 2.21. The first-order valence-electron chi connectivity index (χ1n) is 22.8. The summed E-state index contributed by atoms with van der Waals surface area (Å²) in [7, 11) is 0. The molecule has 0 spiro atoms. The van der Waals surface area contributed by atoms with Crippen LogP contribution in [0.2, 0.25) is 0 Å². The Bertz CT molecular complexity index is 3970. The van der Waals surface area contributed by atoms with E-state index >= 15 is 0 Å². The van der Waals surface area contributed by atoms with Crippen LogP contribution in [0.15, 0.2) is 243 Å². The average Bonchev–Trinajstić information content (AvgIpc) is 3.74. The summed E-state index contributed by atoms with van der Waals surface area (Å²) in [6.07, 6.45) is 0. The molecule has 0 aliphatic rings. The van der Waals surface area contributed by atoms with Crippen molar-refractivity contribution in [3.63, 3.8) is 0 Å². The second kappa shape index (κ2) is 15.9. The molecular weight excluding hydrogens is 813 g/mol. The summed E-state index contributed by atoms with van der Waals surface area (Å²) < 4.78 is 2.34. The van der Waals surface area contributed by atoms with Crippen LogP contribution in [0.3, 0.4) is 0 Å². The fourth-order valence-electron chi connectivity index (χ4n) is 10.1. The first-order chi connectivity index (χ1) is 33.2. The second-order valence-corrected chi connectivity index (χ2v) is 17.1. The van der Waals surface area contributed by atoms with Crippen LogP contribution >= 0.6 is 0 Å². The van der Waals surface area contributed by atoms with E-state index in [2.05, 4.69) is 241 Å². The molecule has 0 radical (unpaired) electrons. The van der Waals surface area contributed by atoms with E-state index < -0.39 is 0 Å². The molecule has 67 heavy (non-hydrogen) atoms. The summed E-state index contributed by atoms with van der Waals surface area (Å²) >= 11 is 0. The Kier molecular flexibility index (Phi) is 9.14. The highest BCUT2D eigenvalue weighted by Crippen LogP contribution is 2.41. The molecule has 2 aromatic heterocycles. The maximum absolute atomic E-state index is 5.33. The Morgan fingerprint density at radius 1 is 0.254 bits per heavy atom. The van der Waals surface area contributed by atoms with Gasteiger partial charge in [-0.15, -0.1) is 0 Å². The topological polar surface area (TPSA) is 43.6 Å². The van der Waals surface area contributed by atoms with Crippen LogP contribution in [0.4, 0.5) is 0 Å². The molecule has 312 valence electrons. The Labute approximate surface area is 387 Å². The van der Waals surface area contributed by atoms with Crippen LogP contribution < -0.4 is 0 Å². The molecule has 0 bridgehead atoms. The second-order valence-electron chi connectivity index (χ2n) is 17.1. The van der Waals surface area contributed by atoms with Crippen LogP contribution in [-0.2, 0) is 0 Å². The summed E-state index contributed by atoms with van der Waals surface area (Å²) in [4.78, 5) is 15.9. The lowest BCUT2D eigenvalue weighted by Crippen LogP contribution is -2.04. The summed E-state index contributed by atoms with van der Waals surface area (Å²) in [5.41, 5.74) is 12.9. The Balaban J connectivity index is 0.928. The number of rotatable bonds is 7. The third-order valence-electron chi connectivity index (χ3n) is 13.3. The van der Waals surface area contributed by atoms with Crippen LogP contribution in [0.5, 0.6) is 0 Å². The smallest absolute Gasteiger partial charge is 0.166 e. The number of para-hydroxylation sites is 3. The van der Waals surface area contributed by atoms with Gasteiger partial charge < -0.3 is 4.57 Å². The molecular formula is C63H40N4. The molecule has 2 heterocycles. The molecule has 0 atom stereocenters. The Hall–Kier alpha value is -8.99. The lowest BCUT2D eigenvalue weighted by Gasteiger charge is -2.15. The molecule has 0 fully saturated rings. The van der Waals surface area contributed by atoms with Gasteiger partial charge in [-0.25, -0.2) is 15.0 Å². The fraction of sp³-hybridized carbons (Fsp3) is 0. The third kappa shape index (κ3) is 6.57. The van der Waals surface area contributed by atoms with E-state index in [9.17, 15) is 0 Å². The zero-order chi connectivity index (χ0) is 44.3. The van der Waals surface area contributed by atoms with Crippen LogP contribution in [-0.4, -0.2) is 19.5 Å². The summed E-state index contributed by atoms with van der Waals surface area (Å²) in [5.74, 6) is 1.83. The molecule has 13 rings (SSSR count). The minimum absolute atomic E-state index is 0.606. The van der Waals surface area contributed by atoms with Crippen molar-refractivity contribution in [3.8, 4) is 73.2 Å². The van der Waals surface area contributed by atoms with E-state index in [0.717, 1.165) is 55.7 Å². The van der Waals surface area contributed by atoms with Gasteiger partial charge in [0.25, 0.3) is 0 Å². The largest absolute Gasteiger partial charge is 0.309 e. The van der Waals surface area contributed by atoms with E-state index in [1.165, 1.54) is 54.2 Å². The molecule has 0 saturated heterocycles. The predicted molar refractivity (Wildman–Crippen MR) is 279 cm³/mol. The van der Waals surface area contributed by atoms with E-state index in [1.807, 2.05) is 6.07 Å². The molecule has 11 aromatic carbocycles. The molecule has 0 unspecified atom stereocenters.